The highest BCUT2D eigenvalue weighted by molar-refractivity contribution is 5.95. The van der Waals surface area contributed by atoms with E-state index in [-0.39, 0.29) is 31.1 Å². The lowest BCUT2D eigenvalue weighted by Crippen LogP contribution is -2.43. The molecule has 41 heavy (non-hydrogen) atoms. The third-order valence-electron chi connectivity index (χ3n) is 7.89. The fourth-order valence-corrected chi connectivity index (χ4v) is 5.17. The van der Waals surface area contributed by atoms with Gasteiger partial charge in [0.1, 0.15) is 35.0 Å². The lowest BCUT2D eigenvalue weighted by atomic mass is 9.87. The van der Waals surface area contributed by atoms with Crippen LogP contribution >= 0.6 is 0 Å². The molecule has 2 N–H and O–H groups in total. The number of methoxy groups -OCH3 is 1. The van der Waals surface area contributed by atoms with Crippen molar-refractivity contribution in [3.63, 3.8) is 0 Å². The Kier molecular flexibility index (Phi) is 6.71. The van der Waals surface area contributed by atoms with Crippen LogP contribution in [-0.4, -0.2) is 42.4 Å². The molecule has 2 aromatic carbocycles. The van der Waals surface area contributed by atoms with Crippen LogP contribution in [0.4, 0.5) is 4.39 Å². The molecule has 11 heteroatoms. The van der Waals surface area contributed by atoms with Crippen molar-refractivity contribution in [2.24, 2.45) is 11.0 Å². The number of aliphatic hydroxyl groups is 1. The number of amides is 1. The molecule has 2 fully saturated rings. The quantitative estimate of drug-likeness (QED) is 0.194. The largest absolute Gasteiger partial charge is 0.493 e. The number of carbonyl (C=O) groups excluding carboxylic acids is 1. The van der Waals surface area contributed by atoms with Crippen LogP contribution in [0.1, 0.15) is 54.2 Å². The molecule has 2 saturated carbocycles. The van der Waals surface area contributed by atoms with Crippen molar-refractivity contribution in [3.8, 4) is 28.5 Å². The van der Waals surface area contributed by atoms with Crippen LogP contribution < -0.4 is 19.5 Å². The minimum absolute atomic E-state index is 0.0899. The van der Waals surface area contributed by atoms with Gasteiger partial charge in [0.15, 0.2) is 11.5 Å². The number of carbonyl (C=O) groups is 1. The summed E-state index contributed by atoms with van der Waals surface area (Å²) in [5, 5.41) is 18.9. The number of pyridine rings is 1. The maximum absolute atomic E-state index is 13.7. The number of fused-ring (bicyclic) bond motifs is 1. The lowest BCUT2D eigenvalue weighted by Gasteiger charge is -2.30. The summed E-state index contributed by atoms with van der Waals surface area (Å²) in [4.78, 5) is 21.0. The molecule has 0 spiro atoms. The van der Waals surface area contributed by atoms with E-state index in [1.54, 1.807) is 43.3 Å². The number of aromatic nitrogens is 1. The maximum atomic E-state index is 13.7. The highest BCUT2D eigenvalue weighted by atomic mass is 19.1. The Hall–Kier alpha value is -4.34. The van der Waals surface area contributed by atoms with Crippen LogP contribution in [0.5, 0.6) is 17.2 Å². The molecule has 1 amide bonds. The number of hydrogen-bond donors (Lipinski definition) is 2. The second kappa shape index (κ2) is 10.2. The van der Waals surface area contributed by atoms with E-state index in [0.29, 0.717) is 45.3 Å². The number of rotatable bonds is 10. The van der Waals surface area contributed by atoms with Gasteiger partial charge in [0.25, 0.3) is 5.91 Å². The van der Waals surface area contributed by atoms with E-state index in [9.17, 15) is 19.8 Å². The summed E-state index contributed by atoms with van der Waals surface area (Å²) < 4.78 is 31.0. The number of benzene rings is 2. The SMILES string of the molecule is COc1cc(C(=O)NCC(O)(c2cc3c(c(-c4ccc(F)cc4)n2)OC[C@]3(C)N=[N+]=[N-])C2CC2)ccc1OC1CC1. The van der Waals surface area contributed by atoms with Crippen molar-refractivity contribution < 1.29 is 28.5 Å². The average molecular weight is 560 g/mol. The molecule has 2 aliphatic carbocycles. The molecule has 2 atom stereocenters. The van der Waals surface area contributed by atoms with Gasteiger partial charge in [-0.05, 0) is 92.6 Å². The lowest BCUT2D eigenvalue weighted by molar-refractivity contribution is 0.00947. The van der Waals surface area contributed by atoms with Crippen LogP contribution in [0, 0.1) is 11.7 Å². The number of hydrogen-bond acceptors (Lipinski definition) is 7. The first-order valence-electron chi connectivity index (χ1n) is 13.6. The fraction of sp³-hybridized carbons (Fsp3) is 0.400. The molecule has 1 unspecified atom stereocenters. The Morgan fingerprint density at radius 1 is 1.22 bits per heavy atom. The zero-order chi connectivity index (χ0) is 28.8. The topological polar surface area (TPSA) is 139 Å². The number of nitrogens with zero attached hydrogens (tertiary/aromatic N) is 4. The van der Waals surface area contributed by atoms with Crippen molar-refractivity contribution in [3.05, 3.63) is 81.6 Å². The Morgan fingerprint density at radius 2 is 1.98 bits per heavy atom. The summed E-state index contributed by atoms with van der Waals surface area (Å²) in [6.45, 7) is 1.73. The molecule has 0 radical (unpaired) electrons. The molecule has 3 aliphatic rings. The van der Waals surface area contributed by atoms with Gasteiger partial charge in [-0.1, -0.05) is 5.11 Å². The molecular formula is C30H30FN5O5. The Morgan fingerprint density at radius 3 is 2.63 bits per heavy atom. The van der Waals surface area contributed by atoms with Crippen LogP contribution in [0.15, 0.2) is 53.6 Å². The standard InChI is InChI=1S/C30H30FN5O5/c1-29(35-36-32)16-40-27-22(29)14-25(34-26(27)17-3-8-20(31)9-4-17)30(38,19-6-7-19)15-33-28(37)18-5-12-23(24(13-18)39-2)41-21-10-11-21/h3-5,8-9,12-14,19,21,38H,6-7,10-11,15-16H2,1-2H3,(H,33,37)/t29-,30?/m0/s1. The van der Waals surface area contributed by atoms with Gasteiger partial charge in [0.05, 0.1) is 25.5 Å². The summed E-state index contributed by atoms with van der Waals surface area (Å²) in [5.74, 6) is 0.528. The predicted octanol–water partition coefficient (Wildman–Crippen LogP) is 5.38. The van der Waals surface area contributed by atoms with Crippen LogP contribution in [0.2, 0.25) is 0 Å². The molecule has 212 valence electrons. The smallest absolute Gasteiger partial charge is 0.251 e. The monoisotopic (exact) mass is 559 g/mol. The molecule has 3 aromatic rings. The van der Waals surface area contributed by atoms with Crippen molar-refractivity contribution >= 4 is 5.91 Å². The molecule has 2 heterocycles. The zero-order valence-corrected chi connectivity index (χ0v) is 22.8. The number of ether oxygens (including phenoxy) is 3. The Labute approximate surface area is 236 Å². The second-order valence-corrected chi connectivity index (χ2v) is 11.1. The fourth-order valence-electron chi connectivity index (χ4n) is 5.17. The van der Waals surface area contributed by atoms with E-state index in [1.807, 2.05) is 0 Å². The van der Waals surface area contributed by atoms with Gasteiger partial charge in [0.2, 0.25) is 0 Å². The van der Waals surface area contributed by atoms with Crippen molar-refractivity contribution in [1.29, 1.82) is 0 Å². The van der Waals surface area contributed by atoms with Gasteiger partial charge in [-0.25, -0.2) is 9.37 Å². The first kappa shape index (κ1) is 26.9. The summed E-state index contributed by atoms with van der Waals surface area (Å²) in [5.41, 5.74) is 8.92. The first-order chi connectivity index (χ1) is 19.7. The van der Waals surface area contributed by atoms with Gasteiger partial charge in [0, 0.05) is 21.6 Å². The van der Waals surface area contributed by atoms with Crippen LogP contribution in [0.25, 0.3) is 21.7 Å². The summed E-state index contributed by atoms with van der Waals surface area (Å²) in [7, 11) is 1.52. The maximum Gasteiger partial charge on any atom is 0.251 e. The molecule has 0 bridgehead atoms. The average Bonchev–Trinajstić information content (AvgIpc) is 3.91. The van der Waals surface area contributed by atoms with Crippen molar-refractivity contribution in [2.45, 2.75) is 49.9 Å². The van der Waals surface area contributed by atoms with Crippen LogP contribution in [-0.2, 0) is 11.1 Å². The minimum Gasteiger partial charge on any atom is -0.493 e. The normalized spacial score (nSPS) is 20.7. The van der Waals surface area contributed by atoms with Crippen LogP contribution in [0.3, 0.4) is 0 Å². The van der Waals surface area contributed by atoms with E-state index in [0.717, 1.165) is 25.7 Å². The predicted molar refractivity (Wildman–Crippen MR) is 147 cm³/mol. The van der Waals surface area contributed by atoms with Gasteiger partial charge < -0.3 is 24.6 Å². The second-order valence-electron chi connectivity index (χ2n) is 11.1. The van der Waals surface area contributed by atoms with E-state index < -0.39 is 17.0 Å². The van der Waals surface area contributed by atoms with Crippen molar-refractivity contribution in [2.75, 3.05) is 20.3 Å². The third kappa shape index (κ3) is 5.14. The molecule has 1 aliphatic heterocycles. The van der Waals surface area contributed by atoms with Crippen molar-refractivity contribution in [1.82, 2.24) is 10.3 Å². The number of halogens is 1. The molecule has 10 nitrogen and oxygen atoms in total. The highest BCUT2D eigenvalue weighted by Gasteiger charge is 2.48. The Bertz CT molecular complexity index is 1550. The zero-order valence-electron chi connectivity index (χ0n) is 22.8. The van der Waals surface area contributed by atoms with Gasteiger partial charge in [-0.15, -0.1) is 0 Å². The molecular weight excluding hydrogens is 529 g/mol. The first-order valence-corrected chi connectivity index (χ1v) is 13.6. The summed E-state index contributed by atoms with van der Waals surface area (Å²) in [6, 6.07) is 12.5. The molecule has 1 aromatic heterocycles. The van der Waals surface area contributed by atoms with Gasteiger partial charge >= 0.3 is 0 Å². The van der Waals surface area contributed by atoms with E-state index in [1.165, 1.54) is 19.2 Å². The third-order valence-corrected chi connectivity index (χ3v) is 7.89. The van der Waals surface area contributed by atoms with E-state index >= 15 is 0 Å². The number of nitrogens with one attached hydrogen (secondary N) is 1. The van der Waals surface area contributed by atoms with Gasteiger partial charge in [-0.2, -0.15) is 0 Å². The van der Waals surface area contributed by atoms with E-state index in [4.69, 9.17) is 19.2 Å². The number of azide groups is 1. The highest BCUT2D eigenvalue weighted by Crippen LogP contribution is 2.50. The van der Waals surface area contributed by atoms with E-state index in [2.05, 4.69) is 15.3 Å². The van der Waals surface area contributed by atoms with Gasteiger partial charge in [-0.3, -0.25) is 4.79 Å². The Balaban J connectivity index is 1.34. The molecule has 0 saturated heterocycles. The summed E-state index contributed by atoms with van der Waals surface area (Å²) >= 11 is 0. The summed E-state index contributed by atoms with van der Waals surface area (Å²) in [6.07, 6.45) is 3.69. The minimum atomic E-state index is -1.52. The molecule has 6 rings (SSSR count).